The molecule has 0 aromatic carbocycles. The molecular weight excluding hydrogens is 239 g/mol. The molecule has 0 aliphatic rings. The maximum absolute atomic E-state index is 11.9. The monoisotopic (exact) mass is 262 g/mol. The second-order valence-corrected chi connectivity index (χ2v) is 6.88. The summed E-state index contributed by atoms with van der Waals surface area (Å²) in [5.74, 6) is -0.0549. The van der Waals surface area contributed by atoms with Crippen molar-refractivity contribution in [1.82, 2.24) is 0 Å². The smallest absolute Gasteiger partial charge is 0.312 e. The van der Waals surface area contributed by atoms with Gasteiger partial charge in [0.25, 0.3) is 0 Å². The number of unbranched alkanes of at least 4 members (excludes halogenated alkanes) is 1. The summed E-state index contributed by atoms with van der Waals surface area (Å²) in [5, 5.41) is 0. The van der Waals surface area contributed by atoms with Crippen molar-refractivity contribution in [3.05, 3.63) is 12.7 Å². The van der Waals surface area contributed by atoms with Gasteiger partial charge in [-0.1, -0.05) is 19.9 Å². The van der Waals surface area contributed by atoms with Crippen LogP contribution in [0, 0.1) is 5.41 Å². The van der Waals surface area contributed by atoms with Crippen molar-refractivity contribution in [3.63, 3.8) is 0 Å². The van der Waals surface area contributed by atoms with Crippen LogP contribution in [0.15, 0.2) is 12.7 Å². The van der Waals surface area contributed by atoms with Gasteiger partial charge in [0.1, 0.15) is 6.61 Å². The van der Waals surface area contributed by atoms with Gasteiger partial charge in [0.15, 0.2) is 5.78 Å². The van der Waals surface area contributed by atoms with E-state index in [1.165, 1.54) is 13.8 Å². The topological polar surface area (TPSA) is 52.6 Å². The SMILES string of the molecule is C=CCCCC(C)(C)C(=O)COP(C)(=O)OC. The van der Waals surface area contributed by atoms with Crippen LogP contribution in [0.25, 0.3) is 0 Å². The Labute approximate surface area is 104 Å². The lowest BCUT2D eigenvalue weighted by molar-refractivity contribution is -0.129. The van der Waals surface area contributed by atoms with Crippen LogP contribution in [0.2, 0.25) is 0 Å². The van der Waals surface area contributed by atoms with Crippen LogP contribution in [-0.4, -0.2) is 26.2 Å². The van der Waals surface area contributed by atoms with Crippen LogP contribution in [0.1, 0.15) is 33.1 Å². The average molecular weight is 262 g/mol. The standard InChI is InChI=1S/C12H23O4P/c1-6-7-8-9-12(2,3)11(13)10-16-17(5,14)15-4/h6H,1,7-10H2,2-5H3. The van der Waals surface area contributed by atoms with E-state index in [1.807, 2.05) is 19.9 Å². The molecule has 0 saturated heterocycles. The van der Waals surface area contributed by atoms with E-state index in [0.717, 1.165) is 19.3 Å². The Hall–Kier alpha value is -0.440. The van der Waals surface area contributed by atoms with Crippen molar-refractivity contribution in [2.24, 2.45) is 5.41 Å². The van der Waals surface area contributed by atoms with Crippen molar-refractivity contribution >= 4 is 13.4 Å². The van der Waals surface area contributed by atoms with Gasteiger partial charge < -0.3 is 9.05 Å². The van der Waals surface area contributed by atoms with Gasteiger partial charge in [-0.2, -0.15) is 0 Å². The normalized spacial score (nSPS) is 15.3. The molecule has 0 spiro atoms. The first-order valence-electron chi connectivity index (χ1n) is 5.67. The van der Waals surface area contributed by atoms with E-state index < -0.39 is 13.0 Å². The largest absolute Gasteiger partial charge is 0.327 e. The number of ketones is 1. The zero-order valence-corrected chi connectivity index (χ0v) is 12.1. The molecule has 5 heteroatoms. The van der Waals surface area contributed by atoms with Crippen LogP contribution >= 0.6 is 7.60 Å². The summed E-state index contributed by atoms with van der Waals surface area (Å²) in [4.78, 5) is 11.9. The Balaban J connectivity index is 4.20. The quantitative estimate of drug-likeness (QED) is 0.363. The molecule has 0 radical (unpaired) electrons. The lowest BCUT2D eigenvalue weighted by Gasteiger charge is -2.23. The second kappa shape index (κ2) is 7.10. The first-order chi connectivity index (χ1) is 7.75. The fourth-order valence-corrected chi connectivity index (χ4v) is 1.71. The number of carbonyl (C=O) groups excluding carboxylic acids is 1. The Morgan fingerprint density at radius 1 is 1.47 bits per heavy atom. The van der Waals surface area contributed by atoms with E-state index >= 15 is 0 Å². The average Bonchev–Trinajstić information content (AvgIpc) is 2.26. The third kappa shape index (κ3) is 6.77. The summed E-state index contributed by atoms with van der Waals surface area (Å²) >= 11 is 0. The third-order valence-corrected chi connectivity index (χ3v) is 3.99. The number of hydrogen-bond acceptors (Lipinski definition) is 4. The van der Waals surface area contributed by atoms with Crippen LogP contribution in [-0.2, 0) is 18.4 Å². The van der Waals surface area contributed by atoms with Gasteiger partial charge in [-0.15, -0.1) is 6.58 Å². The maximum Gasteiger partial charge on any atom is 0.327 e. The Kier molecular flexibility index (Phi) is 6.91. The minimum atomic E-state index is -3.07. The van der Waals surface area contributed by atoms with Crippen LogP contribution in [0.4, 0.5) is 0 Å². The predicted molar refractivity (Wildman–Crippen MR) is 69.3 cm³/mol. The van der Waals surface area contributed by atoms with Crippen molar-refractivity contribution in [1.29, 1.82) is 0 Å². The molecule has 0 aliphatic carbocycles. The molecule has 0 aromatic rings. The second-order valence-electron chi connectivity index (χ2n) is 4.72. The highest BCUT2D eigenvalue weighted by Gasteiger charge is 2.28. The van der Waals surface area contributed by atoms with Crippen molar-refractivity contribution in [3.8, 4) is 0 Å². The van der Waals surface area contributed by atoms with E-state index in [-0.39, 0.29) is 12.4 Å². The van der Waals surface area contributed by atoms with Crippen molar-refractivity contribution in [2.75, 3.05) is 20.4 Å². The molecule has 17 heavy (non-hydrogen) atoms. The van der Waals surface area contributed by atoms with Gasteiger partial charge in [0.2, 0.25) is 0 Å². The van der Waals surface area contributed by atoms with Crippen LogP contribution in [0.5, 0.6) is 0 Å². The molecule has 0 fully saturated rings. The molecule has 0 aromatic heterocycles. The van der Waals surface area contributed by atoms with Gasteiger partial charge in [-0.3, -0.25) is 9.36 Å². The molecule has 0 N–H and O–H groups in total. The first-order valence-corrected chi connectivity index (χ1v) is 7.66. The number of rotatable bonds is 9. The van der Waals surface area contributed by atoms with Gasteiger partial charge >= 0.3 is 7.60 Å². The van der Waals surface area contributed by atoms with Gasteiger partial charge in [-0.05, 0) is 19.3 Å². The molecule has 0 saturated carbocycles. The van der Waals surface area contributed by atoms with Gasteiger partial charge in [0.05, 0.1) is 0 Å². The molecule has 0 rings (SSSR count). The third-order valence-electron chi connectivity index (χ3n) is 2.73. The van der Waals surface area contributed by atoms with Crippen molar-refractivity contribution < 1.29 is 18.4 Å². The number of hydrogen-bond donors (Lipinski definition) is 0. The zero-order valence-electron chi connectivity index (χ0n) is 11.2. The van der Waals surface area contributed by atoms with Crippen LogP contribution < -0.4 is 0 Å². The summed E-state index contributed by atoms with van der Waals surface area (Å²) in [6, 6.07) is 0. The van der Waals surface area contributed by atoms with Gasteiger partial charge in [-0.25, -0.2) is 0 Å². The summed E-state index contributed by atoms with van der Waals surface area (Å²) in [7, 11) is -1.76. The Bertz CT molecular complexity index is 310. The first kappa shape index (κ1) is 16.6. The fraction of sp³-hybridized carbons (Fsp3) is 0.750. The minimum absolute atomic E-state index is 0.0549. The maximum atomic E-state index is 11.9. The highest BCUT2D eigenvalue weighted by Crippen LogP contribution is 2.43. The molecule has 0 amide bonds. The highest BCUT2D eigenvalue weighted by atomic mass is 31.2. The molecular formula is C12H23O4P. The number of allylic oxidation sites excluding steroid dienone is 1. The zero-order chi connectivity index (χ0) is 13.5. The molecule has 1 unspecified atom stereocenters. The highest BCUT2D eigenvalue weighted by molar-refractivity contribution is 7.52. The van der Waals surface area contributed by atoms with E-state index in [2.05, 4.69) is 11.1 Å². The predicted octanol–water partition coefficient (Wildman–Crippen LogP) is 3.42. The lowest BCUT2D eigenvalue weighted by atomic mass is 9.83. The molecule has 0 aliphatic heterocycles. The van der Waals surface area contributed by atoms with E-state index in [1.54, 1.807) is 0 Å². The van der Waals surface area contributed by atoms with E-state index in [9.17, 15) is 9.36 Å². The van der Waals surface area contributed by atoms with E-state index in [0.29, 0.717) is 0 Å². The van der Waals surface area contributed by atoms with Gasteiger partial charge in [0, 0.05) is 19.2 Å². The molecule has 1 atom stereocenters. The van der Waals surface area contributed by atoms with E-state index in [4.69, 9.17) is 4.52 Å². The van der Waals surface area contributed by atoms with Crippen LogP contribution in [0.3, 0.4) is 0 Å². The Morgan fingerprint density at radius 2 is 2.06 bits per heavy atom. The molecule has 4 nitrogen and oxygen atoms in total. The van der Waals surface area contributed by atoms with Crippen molar-refractivity contribution in [2.45, 2.75) is 33.1 Å². The summed E-state index contributed by atoms with van der Waals surface area (Å²) < 4.78 is 21.1. The number of Topliss-reactive ketones (excluding diaryl/α,β-unsaturated/α-hetero) is 1. The molecule has 0 heterocycles. The fourth-order valence-electron chi connectivity index (χ4n) is 1.25. The summed E-state index contributed by atoms with van der Waals surface area (Å²) in [6.07, 6.45) is 4.41. The minimum Gasteiger partial charge on any atom is -0.312 e. The molecule has 100 valence electrons. The Morgan fingerprint density at radius 3 is 2.53 bits per heavy atom. The number of carbonyl (C=O) groups is 1. The summed E-state index contributed by atoms with van der Waals surface area (Å²) in [6.45, 7) is 8.57. The lowest BCUT2D eigenvalue weighted by Crippen LogP contribution is -2.27. The summed E-state index contributed by atoms with van der Waals surface area (Å²) in [5.41, 5.74) is -0.462. The molecule has 0 bridgehead atoms.